The third-order valence-electron chi connectivity index (χ3n) is 2.74. The molecule has 0 bridgehead atoms. The number of halogens is 2. The van der Waals surface area contributed by atoms with Gasteiger partial charge in [0.1, 0.15) is 0 Å². The summed E-state index contributed by atoms with van der Waals surface area (Å²) in [4.78, 5) is 12.4. The van der Waals surface area contributed by atoms with E-state index in [1.54, 1.807) is 0 Å². The molecule has 1 heterocycles. The summed E-state index contributed by atoms with van der Waals surface area (Å²) in [7, 11) is -6.50. The normalized spacial score (nSPS) is 13.2. The number of anilines is 1. The van der Waals surface area contributed by atoms with Crippen molar-refractivity contribution < 1.29 is 8.23 Å². The van der Waals surface area contributed by atoms with Gasteiger partial charge in [0, 0.05) is 6.54 Å². The van der Waals surface area contributed by atoms with E-state index >= 15 is 0 Å². The second kappa shape index (κ2) is 8.11. The Bertz CT molecular complexity index is 531. The van der Waals surface area contributed by atoms with Gasteiger partial charge in [-0.2, -0.15) is 15.0 Å². The van der Waals surface area contributed by atoms with Crippen LogP contribution in [0.2, 0.25) is 56.4 Å². The summed E-state index contributed by atoms with van der Waals surface area (Å²) >= 11 is 12.0. The Labute approximate surface area is 158 Å². The van der Waals surface area contributed by atoms with Crippen molar-refractivity contribution in [3.05, 3.63) is 10.6 Å². The molecule has 1 aromatic heterocycles. The fourth-order valence-electron chi connectivity index (χ4n) is 2.41. The van der Waals surface area contributed by atoms with Crippen molar-refractivity contribution >= 4 is 54.5 Å². The van der Waals surface area contributed by atoms with Gasteiger partial charge >= 0.3 is 8.72 Å². The van der Waals surface area contributed by atoms with E-state index in [0.29, 0.717) is 12.5 Å². The number of hydrogen-bond donors (Lipinski definition) is 0. The molecule has 0 atom stereocenters. The van der Waals surface area contributed by atoms with Crippen molar-refractivity contribution in [3.63, 3.8) is 0 Å². The van der Waals surface area contributed by atoms with Crippen LogP contribution in [0, 0.1) is 0 Å². The van der Waals surface area contributed by atoms with Crippen molar-refractivity contribution in [2.24, 2.45) is 0 Å². The smallest absolute Gasteiger partial charge is 0.421 e. The van der Waals surface area contributed by atoms with E-state index in [2.05, 4.69) is 67.7 Å². The van der Waals surface area contributed by atoms with E-state index < -0.39 is 25.4 Å². The number of aromatic nitrogens is 3. The fraction of sp³-hybridized carbons (Fsp3) is 0.769. The summed E-state index contributed by atoms with van der Waals surface area (Å²) in [6, 6.07) is 0. The maximum Gasteiger partial charge on any atom is 0.437 e. The lowest BCUT2D eigenvalue weighted by Gasteiger charge is -2.44. The second-order valence-corrected chi connectivity index (χ2v) is 20.7. The molecule has 0 saturated carbocycles. The van der Waals surface area contributed by atoms with Crippen molar-refractivity contribution in [2.75, 3.05) is 11.1 Å². The van der Waals surface area contributed by atoms with Crippen LogP contribution in [0.4, 0.5) is 5.95 Å². The molecule has 0 aliphatic heterocycles. The zero-order valence-electron chi connectivity index (χ0n) is 15.8. The average molecular weight is 428 g/mol. The zero-order chi connectivity index (χ0) is 18.8. The van der Waals surface area contributed by atoms with Crippen LogP contribution in [0.5, 0.6) is 0 Å². The standard InChI is InChI=1S/C13H28Cl2N4O2Si3/c1-9-10-19(13-17-11(14)16-12(15)18-13)24(8,20-22(2,3)4)21-23(5,6)7/h9-10H2,1-8H3. The molecule has 0 aliphatic carbocycles. The third kappa shape index (κ3) is 7.06. The Balaban J connectivity index is 3.40. The van der Waals surface area contributed by atoms with Gasteiger partial charge < -0.3 is 12.8 Å². The van der Waals surface area contributed by atoms with E-state index in [1.165, 1.54) is 0 Å². The lowest BCUT2D eigenvalue weighted by atomic mass is 10.5. The number of nitrogens with zero attached hydrogens (tertiary/aromatic N) is 4. The van der Waals surface area contributed by atoms with Crippen LogP contribution in [0.25, 0.3) is 0 Å². The number of rotatable bonds is 8. The summed E-state index contributed by atoms with van der Waals surface area (Å²) in [6.07, 6.45) is 0.896. The Morgan fingerprint density at radius 1 is 0.833 bits per heavy atom. The van der Waals surface area contributed by atoms with E-state index in [0.717, 1.165) is 6.42 Å². The molecule has 0 fully saturated rings. The first kappa shape index (κ1) is 22.0. The van der Waals surface area contributed by atoms with Crippen LogP contribution in [0.15, 0.2) is 0 Å². The second-order valence-electron chi connectivity index (χ2n) is 7.65. The average Bonchev–Trinajstić information content (AvgIpc) is 2.29. The summed E-state index contributed by atoms with van der Waals surface area (Å²) < 4.78 is 15.2. The van der Waals surface area contributed by atoms with Crippen molar-refractivity contribution in [2.45, 2.75) is 59.2 Å². The minimum Gasteiger partial charge on any atom is -0.421 e. The molecule has 0 amide bonds. The monoisotopic (exact) mass is 426 g/mol. The quantitative estimate of drug-likeness (QED) is 0.562. The van der Waals surface area contributed by atoms with Crippen LogP contribution < -0.4 is 4.57 Å². The highest BCUT2D eigenvalue weighted by atomic mass is 35.5. The third-order valence-corrected chi connectivity index (χ3v) is 12.4. The summed E-state index contributed by atoms with van der Waals surface area (Å²) in [5.41, 5.74) is 0. The SMILES string of the molecule is CCCN(c1nc(Cl)nc(Cl)n1)[Si](C)(O[Si](C)(C)C)O[Si](C)(C)C. The van der Waals surface area contributed by atoms with Gasteiger partial charge in [-0.05, 0) is 75.5 Å². The largest absolute Gasteiger partial charge is 0.437 e. The van der Waals surface area contributed by atoms with Gasteiger partial charge in [-0.3, -0.25) is 0 Å². The highest BCUT2D eigenvalue weighted by Gasteiger charge is 2.47. The molecular formula is C13H28Cl2N4O2Si3. The van der Waals surface area contributed by atoms with Gasteiger partial charge in [0.05, 0.1) is 0 Å². The van der Waals surface area contributed by atoms with Crippen LogP contribution >= 0.6 is 23.2 Å². The Hall–Kier alpha value is -0.0394. The molecule has 11 heteroatoms. The van der Waals surface area contributed by atoms with Gasteiger partial charge in [0.2, 0.25) is 16.5 Å². The first-order valence-corrected chi connectivity index (χ1v) is 17.8. The molecule has 0 N–H and O–H groups in total. The Morgan fingerprint density at radius 3 is 1.58 bits per heavy atom. The minimum absolute atomic E-state index is 0.0726. The maximum atomic E-state index is 6.58. The van der Waals surface area contributed by atoms with Gasteiger partial charge in [-0.1, -0.05) is 6.92 Å². The lowest BCUT2D eigenvalue weighted by molar-refractivity contribution is 0.377. The van der Waals surface area contributed by atoms with Gasteiger partial charge in [0.25, 0.3) is 0 Å². The van der Waals surface area contributed by atoms with E-state index in [-0.39, 0.29) is 10.6 Å². The molecule has 0 spiro atoms. The van der Waals surface area contributed by atoms with Crippen LogP contribution in [-0.2, 0) is 8.23 Å². The minimum atomic E-state index is -2.77. The van der Waals surface area contributed by atoms with E-state index in [1.807, 2.05) is 4.57 Å². The summed E-state index contributed by atoms with van der Waals surface area (Å²) in [6.45, 7) is 17.8. The van der Waals surface area contributed by atoms with Gasteiger partial charge in [-0.15, -0.1) is 0 Å². The summed E-state index contributed by atoms with van der Waals surface area (Å²) in [5, 5.41) is 0.145. The van der Waals surface area contributed by atoms with Crippen LogP contribution in [-0.4, -0.2) is 46.9 Å². The van der Waals surface area contributed by atoms with Crippen molar-refractivity contribution in [3.8, 4) is 0 Å². The topological polar surface area (TPSA) is 60.4 Å². The molecule has 1 rings (SSSR count). The lowest BCUT2D eigenvalue weighted by Crippen LogP contribution is -2.64. The molecule has 0 saturated heterocycles. The van der Waals surface area contributed by atoms with Crippen LogP contribution in [0.1, 0.15) is 13.3 Å². The molecule has 24 heavy (non-hydrogen) atoms. The molecule has 1 aromatic rings. The van der Waals surface area contributed by atoms with E-state index in [4.69, 9.17) is 31.4 Å². The Kier molecular flexibility index (Phi) is 7.43. The highest BCUT2D eigenvalue weighted by Crippen LogP contribution is 2.28. The zero-order valence-corrected chi connectivity index (χ0v) is 20.3. The molecule has 0 radical (unpaired) electrons. The summed E-state index contributed by atoms with van der Waals surface area (Å²) in [5.74, 6) is 0.424. The molecule has 0 aromatic carbocycles. The predicted octanol–water partition coefficient (Wildman–Crippen LogP) is 4.67. The van der Waals surface area contributed by atoms with Gasteiger partial charge in [-0.25, -0.2) is 0 Å². The van der Waals surface area contributed by atoms with E-state index in [9.17, 15) is 0 Å². The van der Waals surface area contributed by atoms with Gasteiger partial charge in [0.15, 0.2) is 16.6 Å². The molecule has 0 aliphatic rings. The first-order valence-electron chi connectivity index (χ1n) is 8.01. The van der Waals surface area contributed by atoms with Crippen molar-refractivity contribution in [1.82, 2.24) is 15.0 Å². The Morgan fingerprint density at radius 2 is 1.25 bits per heavy atom. The number of hydrogen-bond acceptors (Lipinski definition) is 6. The fourth-order valence-corrected chi connectivity index (χ4v) is 14.4. The predicted molar refractivity (Wildman–Crippen MR) is 108 cm³/mol. The molecule has 138 valence electrons. The molecular weight excluding hydrogens is 399 g/mol. The highest BCUT2D eigenvalue weighted by molar-refractivity contribution is 6.89. The first-order chi connectivity index (χ1) is 10.8. The molecule has 0 unspecified atom stereocenters. The molecule has 6 nitrogen and oxygen atoms in total. The van der Waals surface area contributed by atoms with Crippen molar-refractivity contribution in [1.29, 1.82) is 0 Å². The maximum absolute atomic E-state index is 6.58. The van der Waals surface area contributed by atoms with Crippen LogP contribution in [0.3, 0.4) is 0 Å².